The summed E-state index contributed by atoms with van der Waals surface area (Å²) in [5.41, 5.74) is 15.1. The van der Waals surface area contributed by atoms with Gasteiger partial charge in [-0.3, -0.25) is 0 Å². The Balaban J connectivity index is 0.00000937. The molecule has 0 saturated carbocycles. The van der Waals surface area contributed by atoms with E-state index in [0.29, 0.717) is 17.8 Å². The third-order valence-electron chi connectivity index (χ3n) is 15.5. The SMILES string of the molecule is CCCCCCC(CCCCCC)c1c2nc(c(C(CCCCCC)CCCCCC)c3ccc([n-]3)c(C(CCCCCC)CCCCCC)c3nc(c(-c4ccc(I)cc4)c4ccc1[n-]4)C=C3)C=C2.[Zn+2]. The van der Waals surface area contributed by atoms with Gasteiger partial charge in [-0.05, 0) is 143 Å². The van der Waals surface area contributed by atoms with Crippen LogP contribution in [0.15, 0.2) is 48.5 Å². The second-order valence-electron chi connectivity index (χ2n) is 21.2. The van der Waals surface area contributed by atoms with Crippen LogP contribution in [0.4, 0.5) is 0 Å². The average molecular weight is 1120 g/mol. The van der Waals surface area contributed by atoms with Crippen molar-refractivity contribution in [2.75, 3.05) is 0 Å². The smallest absolute Gasteiger partial charge is 0.657 e. The second-order valence-corrected chi connectivity index (χ2v) is 22.4. The maximum Gasteiger partial charge on any atom is 2.00 e. The minimum absolute atomic E-state index is 0. The standard InChI is InChI=1S/C65H93IN4.Zn/c1-7-13-19-25-31-49(32-26-20-14-8-2)62-54-41-43-56(67-54)63(50(33-27-21-15-9-3)34-28-22-16-10-4)58-45-47-60(69-58)65(52-37-39-53(66)40-38-52)61-48-46-59(70-61)64(57-44-42-55(62)68-57)51(35-29-23-17-11-5)36-30-24-18-12-6;/h37-51H,7-36H2,1-6H3;/q-2;+2. The summed E-state index contributed by atoms with van der Waals surface area (Å²) in [6.45, 7) is 14.0. The first kappa shape index (κ1) is 59.1. The van der Waals surface area contributed by atoms with E-state index in [-0.39, 0.29) is 19.5 Å². The van der Waals surface area contributed by atoms with Crippen LogP contribution in [0.25, 0.3) is 57.5 Å². The van der Waals surface area contributed by atoms with Gasteiger partial charge in [-0.25, -0.2) is 9.97 Å². The molecule has 0 N–H and O–H groups in total. The van der Waals surface area contributed by atoms with Crippen LogP contribution < -0.4 is 9.97 Å². The summed E-state index contributed by atoms with van der Waals surface area (Å²) < 4.78 is 1.23. The van der Waals surface area contributed by atoms with E-state index in [2.05, 4.69) is 137 Å². The van der Waals surface area contributed by atoms with Gasteiger partial charge in [0, 0.05) is 3.57 Å². The van der Waals surface area contributed by atoms with Crippen molar-refractivity contribution < 1.29 is 19.5 Å². The summed E-state index contributed by atoms with van der Waals surface area (Å²) in [6, 6.07) is 18.4. The van der Waals surface area contributed by atoms with Gasteiger partial charge in [0.25, 0.3) is 0 Å². The molecule has 0 amide bonds. The molecule has 0 atom stereocenters. The van der Waals surface area contributed by atoms with Crippen LogP contribution in [0.2, 0.25) is 0 Å². The minimum Gasteiger partial charge on any atom is -0.657 e. The van der Waals surface area contributed by atoms with Gasteiger partial charge in [-0.2, -0.15) is 0 Å². The average Bonchev–Trinajstić information content (AvgIpc) is 4.23. The van der Waals surface area contributed by atoms with Gasteiger partial charge in [0.2, 0.25) is 0 Å². The molecular formula is C65H93IN4Zn. The molecule has 6 heteroatoms. The Labute approximate surface area is 459 Å². The third kappa shape index (κ3) is 17.6. The number of nitrogens with zero attached hydrogens (tertiary/aromatic N) is 4. The van der Waals surface area contributed by atoms with Crippen molar-refractivity contribution in [3.05, 3.63) is 91.6 Å². The summed E-state index contributed by atoms with van der Waals surface area (Å²) in [5.74, 6) is 1.18. The van der Waals surface area contributed by atoms with Crippen LogP contribution >= 0.6 is 22.6 Å². The van der Waals surface area contributed by atoms with Gasteiger partial charge in [0.05, 0.1) is 22.8 Å². The summed E-state index contributed by atoms with van der Waals surface area (Å²) in [6.07, 6.45) is 46.9. The van der Waals surface area contributed by atoms with Gasteiger partial charge in [0.1, 0.15) is 0 Å². The number of fused-ring (bicyclic) bond motifs is 8. The van der Waals surface area contributed by atoms with E-state index in [1.807, 2.05) is 0 Å². The molecule has 6 rings (SSSR count). The maximum atomic E-state index is 5.88. The van der Waals surface area contributed by atoms with Crippen LogP contribution in [-0.4, -0.2) is 9.97 Å². The Morgan fingerprint density at radius 2 is 0.634 bits per heavy atom. The van der Waals surface area contributed by atoms with Crippen LogP contribution in [0, 0.1) is 3.57 Å². The monoisotopic (exact) mass is 1120 g/mol. The van der Waals surface area contributed by atoms with Crippen molar-refractivity contribution in [1.82, 2.24) is 19.9 Å². The normalized spacial score (nSPS) is 12.3. The van der Waals surface area contributed by atoms with E-state index < -0.39 is 0 Å². The molecule has 0 unspecified atom stereocenters. The molecule has 1 aromatic carbocycles. The number of aromatic nitrogens is 4. The Morgan fingerprint density at radius 1 is 0.352 bits per heavy atom. The first-order chi connectivity index (χ1) is 34.4. The minimum atomic E-state index is 0. The van der Waals surface area contributed by atoms with Gasteiger partial charge in [0.15, 0.2) is 0 Å². The zero-order chi connectivity index (χ0) is 49.3. The van der Waals surface area contributed by atoms with Crippen LogP contribution in [0.5, 0.6) is 0 Å². The molecular weight excluding hydrogens is 1030 g/mol. The molecule has 71 heavy (non-hydrogen) atoms. The molecule has 0 fully saturated rings. The van der Waals surface area contributed by atoms with Crippen molar-refractivity contribution in [3.8, 4) is 11.1 Å². The summed E-state index contributed by atoms with van der Waals surface area (Å²) >= 11 is 2.43. The molecule has 0 spiro atoms. The van der Waals surface area contributed by atoms with E-state index in [1.54, 1.807) is 0 Å². The van der Waals surface area contributed by atoms with Gasteiger partial charge < -0.3 is 9.97 Å². The fraction of sp³-hybridized carbons (Fsp3) is 0.600. The second kappa shape index (κ2) is 33.2. The fourth-order valence-electron chi connectivity index (χ4n) is 11.5. The number of benzene rings is 1. The van der Waals surface area contributed by atoms with Crippen molar-refractivity contribution >= 4 is 69.0 Å². The van der Waals surface area contributed by atoms with E-state index in [9.17, 15) is 0 Å². The predicted molar refractivity (Wildman–Crippen MR) is 316 cm³/mol. The van der Waals surface area contributed by atoms with Crippen LogP contribution in [-0.2, 0) is 19.5 Å². The number of hydrogen-bond acceptors (Lipinski definition) is 2. The topological polar surface area (TPSA) is 54.0 Å². The van der Waals surface area contributed by atoms with Gasteiger partial charge in [-0.15, -0.1) is 22.1 Å². The number of unbranched alkanes of at least 4 members (excludes halogenated alkanes) is 18. The number of halogens is 1. The Bertz CT molecular complexity index is 2310. The zero-order valence-electron chi connectivity index (χ0n) is 45.7. The van der Waals surface area contributed by atoms with Gasteiger partial charge >= 0.3 is 19.5 Å². The molecule has 3 aromatic heterocycles. The van der Waals surface area contributed by atoms with Crippen molar-refractivity contribution in [1.29, 1.82) is 0 Å². The van der Waals surface area contributed by atoms with E-state index >= 15 is 0 Å². The van der Waals surface area contributed by atoms with Crippen LogP contribution in [0.1, 0.15) is 291 Å². The van der Waals surface area contributed by atoms with E-state index in [4.69, 9.17) is 19.9 Å². The third-order valence-corrected chi connectivity index (χ3v) is 16.2. The molecule has 8 bridgehead atoms. The molecule has 2 aliphatic heterocycles. The first-order valence-corrected chi connectivity index (χ1v) is 30.3. The quantitative estimate of drug-likeness (QED) is 0.0230. The Morgan fingerprint density at radius 3 is 0.958 bits per heavy atom. The molecule has 0 saturated heterocycles. The largest absolute Gasteiger partial charge is 2.00 e. The summed E-state index contributed by atoms with van der Waals surface area (Å²) in [5, 5.41) is 0. The maximum absolute atomic E-state index is 5.88. The molecule has 0 radical (unpaired) electrons. The summed E-state index contributed by atoms with van der Waals surface area (Å²) in [4.78, 5) is 23.2. The van der Waals surface area contributed by atoms with Crippen LogP contribution in [0.3, 0.4) is 0 Å². The zero-order valence-corrected chi connectivity index (χ0v) is 50.9. The molecule has 4 aromatic rings. The Hall–Kier alpha value is -2.83. The van der Waals surface area contributed by atoms with E-state index in [0.717, 1.165) is 56.0 Å². The molecule has 2 aliphatic rings. The summed E-state index contributed by atoms with van der Waals surface area (Å²) in [7, 11) is 0. The fourth-order valence-corrected chi connectivity index (χ4v) is 11.9. The molecule has 382 valence electrons. The molecule has 0 aliphatic carbocycles. The number of rotatable bonds is 34. The predicted octanol–water partition coefficient (Wildman–Crippen LogP) is 21.3. The first-order valence-electron chi connectivity index (χ1n) is 29.3. The molecule has 5 heterocycles. The number of hydrogen-bond donors (Lipinski definition) is 0. The van der Waals surface area contributed by atoms with Crippen molar-refractivity contribution in [3.63, 3.8) is 0 Å². The van der Waals surface area contributed by atoms with Crippen molar-refractivity contribution in [2.45, 2.75) is 252 Å². The molecule has 4 nitrogen and oxygen atoms in total. The van der Waals surface area contributed by atoms with Gasteiger partial charge in [-0.1, -0.05) is 232 Å². The Kier molecular flexibility index (Phi) is 27.6. The van der Waals surface area contributed by atoms with Crippen molar-refractivity contribution in [2.24, 2.45) is 0 Å². The van der Waals surface area contributed by atoms with E-state index in [1.165, 1.54) is 213 Å².